The first-order valence-electron chi connectivity index (χ1n) is 8.07. The summed E-state index contributed by atoms with van der Waals surface area (Å²) in [7, 11) is 0. The van der Waals surface area contributed by atoms with Gasteiger partial charge in [-0.25, -0.2) is 0 Å². The van der Waals surface area contributed by atoms with Crippen LogP contribution in [0.25, 0.3) is 0 Å². The third kappa shape index (κ3) is 3.99. The van der Waals surface area contributed by atoms with E-state index in [0.717, 1.165) is 23.8 Å². The summed E-state index contributed by atoms with van der Waals surface area (Å²) in [6.45, 7) is 1.99. The van der Waals surface area contributed by atoms with Crippen molar-refractivity contribution in [1.82, 2.24) is 20.1 Å². The molecule has 1 amide bonds. The maximum atomic E-state index is 12.1. The molecular weight excluding hydrogens is 284 g/mol. The maximum Gasteiger partial charge on any atom is 0.230 e. The van der Waals surface area contributed by atoms with Crippen molar-refractivity contribution >= 4 is 17.7 Å². The fourth-order valence-electron chi connectivity index (χ4n) is 3.02. The molecule has 1 aromatic heterocycles. The van der Waals surface area contributed by atoms with E-state index in [2.05, 4.69) is 20.1 Å². The van der Waals surface area contributed by atoms with Gasteiger partial charge in [-0.1, -0.05) is 37.4 Å². The van der Waals surface area contributed by atoms with Crippen molar-refractivity contribution in [3.8, 4) is 0 Å². The van der Waals surface area contributed by atoms with Gasteiger partial charge in [0.2, 0.25) is 5.91 Å². The molecule has 0 aromatic carbocycles. The van der Waals surface area contributed by atoms with E-state index in [1.165, 1.54) is 50.3 Å². The maximum absolute atomic E-state index is 12.1. The van der Waals surface area contributed by atoms with Gasteiger partial charge in [0, 0.05) is 12.1 Å². The molecule has 2 fully saturated rings. The average molecular weight is 308 g/mol. The van der Waals surface area contributed by atoms with Gasteiger partial charge in [0.05, 0.1) is 5.75 Å². The second-order valence-electron chi connectivity index (χ2n) is 6.18. The Kier molecular flexibility index (Phi) is 4.83. The first kappa shape index (κ1) is 14.9. The average Bonchev–Trinajstić information content (AvgIpc) is 3.26. The van der Waals surface area contributed by atoms with E-state index in [4.69, 9.17) is 0 Å². The highest BCUT2D eigenvalue weighted by Crippen LogP contribution is 2.38. The van der Waals surface area contributed by atoms with Crippen LogP contribution in [0.1, 0.15) is 63.2 Å². The quantitative estimate of drug-likeness (QED) is 0.671. The molecule has 0 saturated heterocycles. The molecule has 1 heterocycles. The van der Waals surface area contributed by atoms with E-state index in [9.17, 15) is 4.79 Å². The van der Waals surface area contributed by atoms with E-state index in [-0.39, 0.29) is 5.91 Å². The number of thioether (sulfide) groups is 1. The van der Waals surface area contributed by atoms with Crippen LogP contribution in [-0.4, -0.2) is 32.5 Å². The molecule has 0 atom stereocenters. The Hall–Kier alpha value is -1.04. The smallest absolute Gasteiger partial charge is 0.230 e. The van der Waals surface area contributed by atoms with Crippen LogP contribution < -0.4 is 5.32 Å². The molecule has 1 N–H and O–H groups in total. The number of aryl methyl sites for hydroxylation is 1. The van der Waals surface area contributed by atoms with Gasteiger partial charge >= 0.3 is 0 Å². The van der Waals surface area contributed by atoms with Gasteiger partial charge in [-0.15, -0.1) is 10.2 Å². The number of rotatable bonds is 5. The van der Waals surface area contributed by atoms with Crippen LogP contribution in [0.2, 0.25) is 0 Å². The molecule has 6 heteroatoms. The van der Waals surface area contributed by atoms with E-state index in [0.29, 0.717) is 17.8 Å². The van der Waals surface area contributed by atoms with Crippen LogP contribution in [0.5, 0.6) is 0 Å². The minimum atomic E-state index is 0.134. The highest BCUT2D eigenvalue weighted by atomic mass is 32.2. The van der Waals surface area contributed by atoms with Gasteiger partial charge in [-0.3, -0.25) is 4.79 Å². The number of nitrogens with zero attached hydrogens (tertiary/aromatic N) is 3. The van der Waals surface area contributed by atoms with E-state index >= 15 is 0 Å². The Bertz CT molecular complexity index is 490. The SMILES string of the molecule is Cc1nnc(SCC(=O)NC2CCCCCC2)n1C1CC1. The van der Waals surface area contributed by atoms with Crippen LogP contribution in [-0.2, 0) is 4.79 Å². The van der Waals surface area contributed by atoms with Crippen molar-refractivity contribution in [1.29, 1.82) is 0 Å². The number of hydrogen-bond donors (Lipinski definition) is 1. The molecule has 0 unspecified atom stereocenters. The summed E-state index contributed by atoms with van der Waals surface area (Å²) >= 11 is 1.52. The molecule has 0 radical (unpaired) electrons. The molecule has 2 saturated carbocycles. The molecule has 0 bridgehead atoms. The van der Waals surface area contributed by atoms with Gasteiger partial charge in [0.15, 0.2) is 5.16 Å². The van der Waals surface area contributed by atoms with E-state index in [1.807, 2.05) is 6.92 Å². The zero-order chi connectivity index (χ0) is 14.7. The number of carbonyl (C=O) groups is 1. The summed E-state index contributed by atoms with van der Waals surface area (Å²) in [5, 5.41) is 12.4. The summed E-state index contributed by atoms with van der Waals surface area (Å²) in [6, 6.07) is 0.941. The first-order chi connectivity index (χ1) is 10.2. The summed E-state index contributed by atoms with van der Waals surface area (Å²) in [5.74, 6) is 1.54. The van der Waals surface area contributed by atoms with Crippen LogP contribution in [0, 0.1) is 6.92 Å². The molecule has 0 spiro atoms. The second-order valence-corrected chi connectivity index (χ2v) is 7.12. The zero-order valence-electron chi connectivity index (χ0n) is 12.7. The first-order valence-corrected chi connectivity index (χ1v) is 9.06. The van der Waals surface area contributed by atoms with Gasteiger partial charge in [0.1, 0.15) is 5.82 Å². The molecule has 3 rings (SSSR count). The Morgan fingerprint density at radius 2 is 1.90 bits per heavy atom. The Morgan fingerprint density at radius 1 is 1.19 bits per heavy atom. The molecule has 5 nitrogen and oxygen atoms in total. The third-order valence-corrected chi connectivity index (χ3v) is 5.24. The van der Waals surface area contributed by atoms with Crippen LogP contribution >= 0.6 is 11.8 Å². The van der Waals surface area contributed by atoms with Gasteiger partial charge in [-0.05, 0) is 32.6 Å². The summed E-state index contributed by atoms with van der Waals surface area (Å²) in [6.07, 6.45) is 9.79. The third-order valence-electron chi connectivity index (χ3n) is 4.30. The molecule has 116 valence electrons. The minimum absolute atomic E-state index is 0.134. The number of amides is 1. The fraction of sp³-hybridized carbons (Fsp3) is 0.800. The van der Waals surface area contributed by atoms with Gasteiger partial charge < -0.3 is 9.88 Å². The number of hydrogen-bond acceptors (Lipinski definition) is 4. The molecule has 1 aromatic rings. The topological polar surface area (TPSA) is 59.8 Å². The minimum Gasteiger partial charge on any atom is -0.353 e. The molecule has 21 heavy (non-hydrogen) atoms. The van der Waals surface area contributed by atoms with Crippen molar-refractivity contribution in [2.75, 3.05) is 5.75 Å². The van der Waals surface area contributed by atoms with Crippen molar-refractivity contribution in [3.05, 3.63) is 5.82 Å². The predicted octanol–water partition coefficient (Wildman–Crippen LogP) is 2.85. The summed E-state index contributed by atoms with van der Waals surface area (Å²) in [4.78, 5) is 12.1. The predicted molar refractivity (Wildman–Crippen MR) is 83.4 cm³/mol. The standard InChI is InChI=1S/C15H24N4OS/c1-11-17-18-15(19(11)13-8-9-13)21-10-14(20)16-12-6-4-2-3-5-7-12/h12-13H,2-10H2,1H3,(H,16,20). The summed E-state index contributed by atoms with van der Waals surface area (Å²) < 4.78 is 2.18. The van der Waals surface area contributed by atoms with E-state index < -0.39 is 0 Å². The van der Waals surface area contributed by atoms with E-state index in [1.54, 1.807) is 0 Å². The van der Waals surface area contributed by atoms with Crippen LogP contribution in [0.3, 0.4) is 0 Å². The lowest BCUT2D eigenvalue weighted by Gasteiger charge is -2.16. The highest BCUT2D eigenvalue weighted by Gasteiger charge is 2.28. The number of aromatic nitrogens is 3. The zero-order valence-corrected chi connectivity index (χ0v) is 13.5. The lowest BCUT2D eigenvalue weighted by atomic mass is 10.1. The number of carbonyl (C=O) groups excluding carboxylic acids is 1. The Morgan fingerprint density at radius 3 is 2.57 bits per heavy atom. The lowest BCUT2D eigenvalue weighted by Crippen LogP contribution is -2.35. The monoisotopic (exact) mass is 308 g/mol. The molecule has 2 aliphatic rings. The second kappa shape index (κ2) is 6.81. The normalized spacial score (nSPS) is 20.2. The molecule has 2 aliphatic carbocycles. The number of nitrogens with one attached hydrogen (secondary N) is 1. The Labute approximate surface area is 130 Å². The highest BCUT2D eigenvalue weighted by molar-refractivity contribution is 7.99. The van der Waals surface area contributed by atoms with Gasteiger partial charge in [-0.2, -0.15) is 0 Å². The van der Waals surface area contributed by atoms with Crippen molar-refractivity contribution < 1.29 is 4.79 Å². The summed E-state index contributed by atoms with van der Waals surface area (Å²) in [5.41, 5.74) is 0. The largest absolute Gasteiger partial charge is 0.353 e. The van der Waals surface area contributed by atoms with Crippen LogP contribution in [0.4, 0.5) is 0 Å². The molecule has 0 aliphatic heterocycles. The lowest BCUT2D eigenvalue weighted by molar-refractivity contribution is -0.119. The Balaban J connectivity index is 1.49. The van der Waals surface area contributed by atoms with Crippen molar-refractivity contribution in [3.63, 3.8) is 0 Å². The molecular formula is C15H24N4OS. The van der Waals surface area contributed by atoms with Crippen molar-refractivity contribution in [2.24, 2.45) is 0 Å². The van der Waals surface area contributed by atoms with Gasteiger partial charge in [0.25, 0.3) is 0 Å². The fourth-order valence-corrected chi connectivity index (χ4v) is 3.89. The van der Waals surface area contributed by atoms with Crippen molar-refractivity contribution in [2.45, 2.75) is 75.5 Å². The van der Waals surface area contributed by atoms with Crippen LogP contribution in [0.15, 0.2) is 5.16 Å².